The SMILES string of the molecule is O=C(Nc1ccc(N2CCC3(CC2)CC3C(=O)O)cc1)c1nnc(Nc2ccc(F)cc2)o1. The van der Waals surface area contributed by atoms with Crippen LogP contribution in [0.15, 0.2) is 52.9 Å². The number of piperidine rings is 1. The Hall–Kier alpha value is -3.95. The Kier molecular flexibility index (Phi) is 5.20. The third-order valence-electron chi connectivity index (χ3n) is 6.45. The molecule has 2 heterocycles. The zero-order valence-electron chi connectivity index (χ0n) is 17.6. The molecule has 1 amide bonds. The van der Waals surface area contributed by atoms with Crippen LogP contribution in [0.2, 0.25) is 0 Å². The highest BCUT2D eigenvalue weighted by molar-refractivity contribution is 6.01. The number of amides is 1. The van der Waals surface area contributed by atoms with E-state index in [0.717, 1.165) is 38.0 Å². The molecule has 9 nitrogen and oxygen atoms in total. The van der Waals surface area contributed by atoms with Gasteiger partial charge in [-0.05, 0) is 73.2 Å². The van der Waals surface area contributed by atoms with Crippen LogP contribution < -0.4 is 15.5 Å². The quantitative estimate of drug-likeness (QED) is 0.516. The molecule has 170 valence electrons. The Balaban J connectivity index is 1.15. The Morgan fingerprint density at radius 1 is 1.03 bits per heavy atom. The average molecular weight is 451 g/mol. The number of carboxylic acid groups (broad SMARTS) is 1. The van der Waals surface area contributed by atoms with Crippen LogP contribution in [0.1, 0.15) is 29.9 Å². The molecule has 1 saturated carbocycles. The number of hydrogen-bond acceptors (Lipinski definition) is 7. The number of hydrogen-bond donors (Lipinski definition) is 3. The Bertz CT molecular complexity index is 1170. The number of nitrogens with one attached hydrogen (secondary N) is 2. The van der Waals surface area contributed by atoms with Crippen molar-refractivity contribution in [2.45, 2.75) is 19.3 Å². The smallest absolute Gasteiger partial charge is 0.320 e. The number of carbonyl (C=O) groups is 2. The maximum atomic E-state index is 13.0. The molecule has 2 aromatic carbocycles. The van der Waals surface area contributed by atoms with Crippen LogP contribution >= 0.6 is 0 Å². The van der Waals surface area contributed by atoms with Gasteiger partial charge in [-0.25, -0.2) is 4.39 Å². The number of benzene rings is 2. The van der Waals surface area contributed by atoms with Crippen molar-refractivity contribution in [2.24, 2.45) is 11.3 Å². The van der Waals surface area contributed by atoms with Gasteiger partial charge in [0.15, 0.2) is 0 Å². The van der Waals surface area contributed by atoms with Gasteiger partial charge in [0.2, 0.25) is 0 Å². The molecule has 1 atom stereocenters. The van der Waals surface area contributed by atoms with Gasteiger partial charge in [0.05, 0.1) is 5.92 Å². The zero-order valence-corrected chi connectivity index (χ0v) is 17.6. The lowest BCUT2D eigenvalue weighted by Crippen LogP contribution is -2.35. The fourth-order valence-electron chi connectivity index (χ4n) is 4.42. The number of carbonyl (C=O) groups excluding carboxylic acids is 1. The van der Waals surface area contributed by atoms with Crippen LogP contribution in [-0.4, -0.2) is 40.3 Å². The van der Waals surface area contributed by atoms with Crippen molar-refractivity contribution >= 4 is 35.0 Å². The van der Waals surface area contributed by atoms with E-state index in [4.69, 9.17) is 4.42 Å². The van der Waals surface area contributed by atoms with Crippen LogP contribution in [-0.2, 0) is 4.79 Å². The first kappa shape index (κ1) is 20.9. The minimum Gasteiger partial charge on any atom is -0.481 e. The summed E-state index contributed by atoms with van der Waals surface area (Å²) in [6.45, 7) is 1.64. The zero-order chi connectivity index (χ0) is 23.0. The third-order valence-corrected chi connectivity index (χ3v) is 6.45. The monoisotopic (exact) mass is 451 g/mol. The predicted octanol–water partition coefficient (Wildman–Crippen LogP) is 3.90. The molecule has 1 spiro atoms. The number of aromatic nitrogens is 2. The van der Waals surface area contributed by atoms with Crippen LogP contribution in [0, 0.1) is 17.2 Å². The van der Waals surface area contributed by atoms with E-state index < -0.39 is 11.9 Å². The number of aliphatic carboxylic acids is 1. The maximum absolute atomic E-state index is 13.0. The lowest BCUT2D eigenvalue weighted by molar-refractivity contribution is -0.139. The van der Waals surface area contributed by atoms with Crippen LogP contribution in [0.3, 0.4) is 0 Å². The van der Waals surface area contributed by atoms with Crippen molar-refractivity contribution in [1.82, 2.24) is 10.2 Å². The molecule has 10 heteroatoms. The number of carboxylic acids is 1. The predicted molar refractivity (Wildman–Crippen MR) is 118 cm³/mol. The van der Waals surface area contributed by atoms with Crippen molar-refractivity contribution in [3.8, 4) is 0 Å². The number of halogens is 1. The third kappa shape index (κ3) is 4.36. The van der Waals surface area contributed by atoms with Gasteiger partial charge in [0.1, 0.15) is 5.82 Å². The van der Waals surface area contributed by atoms with Crippen molar-refractivity contribution in [2.75, 3.05) is 28.6 Å². The molecule has 1 aromatic heterocycles. The molecule has 0 radical (unpaired) electrons. The minimum atomic E-state index is -0.678. The molecular weight excluding hydrogens is 429 g/mol. The molecule has 2 fully saturated rings. The Morgan fingerprint density at radius 2 is 1.70 bits per heavy atom. The van der Waals surface area contributed by atoms with Gasteiger partial charge in [-0.1, -0.05) is 5.10 Å². The summed E-state index contributed by atoms with van der Waals surface area (Å²) in [6, 6.07) is 13.1. The van der Waals surface area contributed by atoms with E-state index in [-0.39, 0.29) is 29.1 Å². The molecule has 1 aliphatic heterocycles. The first-order chi connectivity index (χ1) is 15.9. The molecule has 33 heavy (non-hydrogen) atoms. The average Bonchev–Trinajstić information content (AvgIpc) is 3.31. The highest BCUT2D eigenvalue weighted by Crippen LogP contribution is 2.59. The molecule has 0 bridgehead atoms. The summed E-state index contributed by atoms with van der Waals surface area (Å²) in [6.07, 6.45) is 2.56. The standard InChI is InChI=1S/C23H22FN5O4/c24-14-1-3-16(4-2-14)26-22-28-27-20(33-22)19(30)25-15-5-7-17(8-6-15)29-11-9-23(10-12-29)13-18(23)21(31)32/h1-8,18H,9-13H2,(H,25,30)(H,26,28)(H,31,32). The second kappa shape index (κ2) is 8.19. The van der Waals surface area contributed by atoms with Crippen molar-refractivity contribution in [1.29, 1.82) is 0 Å². The second-order valence-electron chi connectivity index (χ2n) is 8.49. The van der Waals surface area contributed by atoms with Gasteiger partial charge < -0.3 is 25.1 Å². The second-order valence-corrected chi connectivity index (χ2v) is 8.49. The molecule has 3 N–H and O–H groups in total. The van der Waals surface area contributed by atoms with E-state index in [0.29, 0.717) is 11.4 Å². The largest absolute Gasteiger partial charge is 0.481 e. The van der Waals surface area contributed by atoms with Crippen molar-refractivity contribution < 1.29 is 23.5 Å². The molecule has 5 rings (SSSR count). The molecule has 1 aliphatic carbocycles. The van der Waals surface area contributed by atoms with E-state index >= 15 is 0 Å². The summed E-state index contributed by atoms with van der Waals surface area (Å²) < 4.78 is 18.3. The fourth-order valence-corrected chi connectivity index (χ4v) is 4.42. The lowest BCUT2D eigenvalue weighted by atomic mass is 9.90. The number of nitrogens with zero attached hydrogens (tertiary/aromatic N) is 3. The highest BCUT2D eigenvalue weighted by atomic mass is 19.1. The van der Waals surface area contributed by atoms with Crippen LogP contribution in [0.25, 0.3) is 0 Å². The van der Waals surface area contributed by atoms with E-state index in [2.05, 4.69) is 25.7 Å². The van der Waals surface area contributed by atoms with E-state index in [1.54, 1.807) is 12.1 Å². The molecule has 2 aliphatic rings. The van der Waals surface area contributed by atoms with Crippen LogP contribution in [0.4, 0.5) is 27.5 Å². The molecule has 3 aromatic rings. The summed E-state index contributed by atoms with van der Waals surface area (Å²) in [7, 11) is 0. The Morgan fingerprint density at radius 3 is 2.33 bits per heavy atom. The van der Waals surface area contributed by atoms with E-state index in [1.807, 2.05) is 12.1 Å². The van der Waals surface area contributed by atoms with E-state index in [1.165, 1.54) is 24.3 Å². The topological polar surface area (TPSA) is 121 Å². The van der Waals surface area contributed by atoms with Gasteiger partial charge in [0, 0.05) is 30.2 Å². The summed E-state index contributed by atoms with van der Waals surface area (Å²) in [4.78, 5) is 25.9. The minimum absolute atomic E-state index is 0.00919. The summed E-state index contributed by atoms with van der Waals surface area (Å²) in [5.74, 6) is -1.98. The summed E-state index contributed by atoms with van der Waals surface area (Å²) >= 11 is 0. The first-order valence-electron chi connectivity index (χ1n) is 10.7. The first-order valence-corrected chi connectivity index (χ1v) is 10.7. The fraction of sp³-hybridized carbons (Fsp3) is 0.304. The number of anilines is 4. The van der Waals surface area contributed by atoms with E-state index in [9.17, 15) is 19.1 Å². The van der Waals surface area contributed by atoms with Gasteiger partial charge in [-0.2, -0.15) is 0 Å². The maximum Gasteiger partial charge on any atom is 0.320 e. The normalized spacial score (nSPS) is 18.7. The molecular formula is C23H22FN5O4. The van der Waals surface area contributed by atoms with Gasteiger partial charge >= 0.3 is 23.8 Å². The summed E-state index contributed by atoms with van der Waals surface area (Å²) in [5.41, 5.74) is 2.15. The van der Waals surface area contributed by atoms with Gasteiger partial charge in [-0.3, -0.25) is 9.59 Å². The Labute approximate surface area is 188 Å². The van der Waals surface area contributed by atoms with Gasteiger partial charge in [-0.15, -0.1) is 5.10 Å². The lowest BCUT2D eigenvalue weighted by Gasteiger charge is -2.34. The molecule has 1 saturated heterocycles. The molecule has 1 unspecified atom stereocenters. The van der Waals surface area contributed by atoms with Crippen molar-refractivity contribution in [3.05, 3.63) is 60.2 Å². The van der Waals surface area contributed by atoms with Crippen LogP contribution in [0.5, 0.6) is 0 Å². The van der Waals surface area contributed by atoms with Gasteiger partial charge in [0.25, 0.3) is 0 Å². The highest BCUT2D eigenvalue weighted by Gasteiger charge is 2.58. The summed E-state index contributed by atoms with van der Waals surface area (Å²) in [5, 5.41) is 22.3. The van der Waals surface area contributed by atoms with Crippen molar-refractivity contribution in [3.63, 3.8) is 0 Å². The number of rotatable bonds is 6.